The van der Waals surface area contributed by atoms with Gasteiger partial charge in [-0.05, 0) is 24.9 Å². The van der Waals surface area contributed by atoms with Crippen molar-refractivity contribution in [2.24, 2.45) is 5.92 Å². The molecule has 20 heavy (non-hydrogen) atoms. The molecule has 0 atom stereocenters. The molecule has 1 N–H and O–H groups in total. The third kappa shape index (κ3) is 8.16. The van der Waals surface area contributed by atoms with Crippen LogP contribution in [-0.2, 0) is 6.54 Å². The van der Waals surface area contributed by atoms with Crippen LogP contribution >= 0.6 is 0 Å². The fourth-order valence-corrected chi connectivity index (χ4v) is 2.03. The number of pyridine rings is 1. The van der Waals surface area contributed by atoms with Crippen molar-refractivity contribution >= 4 is 0 Å². The van der Waals surface area contributed by atoms with Crippen LogP contribution in [0.2, 0.25) is 0 Å². The Morgan fingerprint density at radius 3 is 2.75 bits per heavy atom. The van der Waals surface area contributed by atoms with E-state index in [4.69, 9.17) is 4.74 Å². The summed E-state index contributed by atoms with van der Waals surface area (Å²) in [6.07, 6.45) is 8.18. The molecule has 0 amide bonds. The van der Waals surface area contributed by atoms with Gasteiger partial charge in [-0.2, -0.15) is 0 Å². The van der Waals surface area contributed by atoms with Crippen LogP contribution in [0.25, 0.3) is 0 Å². The first-order valence-electron chi connectivity index (χ1n) is 8.00. The minimum Gasteiger partial charge on any atom is -0.493 e. The normalized spacial score (nSPS) is 11.0. The van der Waals surface area contributed by atoms with E-state index in [0.29, 0.717) is 5.92 Å². The number of hydrogen-bond acceptors (Lipinski definition) is 3. The molecule has 3 heteroatoms. The third-order valence-electron chi connectivity index (χ3n) is 3.16. The second-order valence-corrected chi connectivity index (χ2v) is 5.77. The van der Waals surface area contributed by atoms with Gasteiger partial charge < -0.3 is 10.1 Å². The van der Waals surface area contributed by atoms with E-state index < -0.39 is 0 Å². The van der Waals surface area contributed by atoms with Crippen LogP contribution in [-0.4, -0.2) is 18.1 Å². The quantitative estimate of drug-likeness (QED) is 0.617. The predicted molar refractivity (Wildman–Crippen MR) is 85.0 cm³/mol. The van der Waals surface area contributed by atoms with Crippen LogP contribution < -0.4 is 10.1 Å². The van der Waals surface area contributed by atoms with Gasteiger partial charge in [0.25, 0.3) is 0 Å². The van der Waals surface area contributed by atoms with Crippen molar-refractivity contribution in [3.05, 3.63) is 24.0 Å². The molecule has 0 spiro atoms. The highest BCUT2D eigenvalue weighted by molar-refractivity contribution is 5.22. The summed E-state index contributed by atoms with van der Waals surface area (Å²) in [5.41, 5.74) is 1.05. The molecular weight excluding hydrogens is 248 g/mol. The third-order valence-corrected chi connectivity index (χ3v) is 3.16. The molecule has 0 aromatic carbocycles. The Bertz CT molecular complexity index is 353. The van der Waals surface area contributed by atoms with Gasteiger partial charge in [0.2, 0.25) is 0 Å². The van der Waals surface area contributed by atoms with E-state index in [9.17, 15) is 0 Å². The summed E-state index contributed by atoms with van der Waals surface area (Å²) in [7, 11) is 0. The summed E-state index contributed by atoms with van der Waals surface area (Å²) in [6, 6.07) is 3.98. The Hall–Kier alpha value is -1.09. The molecule has 0 fully saturated rings. The van der Waals surface area contributed by atoms with Gasteiger partial charge in [-0.1, -0.05) is 46.5 Å². The van der Waals surface area contributed by atoms with Crippen LogP contribution in [0.5, 0.6) is 5.75 Å². The summed E-state index contributed by atoms with van der Waals surface area (Å²) in [4.78, 5) is 4.36. The van der Waals surface area contributed by atoms with Crippen LogP contribution in [0.3, 0.4) is 0 Å². The second kappa shape index (κ2) is 10.7. The summed E-state index contributed by atoms with van der Waals surface area (Å²) in [5, 5.41) is 3.40. The minimum atomic E-state index is 0.664. The molecule has 3 nitrogen and oxygen atoms in total. The number of ether oxygens (including phenoxy) is 1. The minimum absolute atomic E-state index is 0.664. The first-order chi connectivity index (χ1) is 9.72. The van der Waals surface area contributed by atoms with Crippen molar-refractivity contribution in [1.29, 1.82) is 0 Å². The average Bonchev–Trinajstić information content (AvgIpc) is 2.43. The number of rotatable bonds is 11. The SMILES string of the molecule is CCCCCCCOc1ccnc(CNCC(C)C)c1. The predicted octanol–water partition coefficient (Wildman–Crippen LogP) is 4.18. The molecule has 0 unspecified atom stereocenters. The highest BCUT2D eigenvalue weighted by atomic mass is 16.5. The molecule has 1 aromatic rings. The summed E-state index contributed by atoms with van der Waals surface area (Å²) in [5.74, 6) is 1.61. The molecule has 1 rings (SSSR count). The fraction of sp³-hybridized carbons (Fsp3) is 0.706. The van der Waals surface area contributed by atoms with E-state index in [2.05, 4.69) is 31.1 Å². The van der Waals surface area contributed by atoms with Crippen LogP contribution in [0.15, 0.2) is 18.3 Å². The monoisotopic (exact) mass is 278 g/mol. The van der Waals surface area contributed by atoms with Crippen LogP contribution in [0.1, 0.15) is 58.6 Å². The molecule has 0 saturated heterocycles. The first kappa shape index (κ1) is 17.0. The van der Waals surface area contributed by atoms with Crippen molar-refractivity contribution in [3.8, 4) is 5.75 Å². The van der Waals surface area contributed by atoms with E-state index in [1.54, 1.807) is 0 Å². The largest absolute Gasteiger partial charge is 0.493 e. The Balaban J connectivity index is 2.22. The van der Waals surface area contributed by atoms with Crippen molar-refractivity contribution in [3.63, 3.8) is 0 Å². The standard InChI is InChI=1S/C17H30N2O/c1-4-5-6-7-8-11-20-17-9-10-19-16(12-17)14-18-13-15(2)3/h9-10,12,15,18H,4-8,11,13-14H2,1-3H3. The highest BCUT2D eigenvalue weighted by Crippen LogP contribution is 2.12. The maximum atomic E-state index is 5.79. The van der Waals surface area contributed by atoms with Gasteiger partial charge >= 0.3 is 0 Å². The Morgan fingerprint density at radius 2 is 2.00 bits per heavy atom. The van der Waals surface area contributed by atoms with Gasteiger partial charge in [0.05, 0.1) is 12.3 Å². The molecule has 1 aromatic heterocycles. The lowest BCUT2D eigenvalue weighted by Gasteiger charge is -2.09. The van der Waals surface area contributed by atoms with Gasteiger partial charge in [-0.3, -0.25) is 4.98 Å². The molecule has 0 aliphatic carbocycles. The molecule has 0 aliphatic heterocycles. The average molecular weight is 278 g/mol. The second-order valence-electron chi connectivity index (χ2n) is 5.77. The summed E-state index contributed by atoms with van der Waals surface area (Å²) < 4.78 is 5.79. The van der Waals surface area contributed by atoms with E-state index >= 15 is 0 Å². The zero-order valence-electron chi connectivity index (χ0n) is 13.3. The zero-order valence-corrected chi connectivity index (χ0v) is 13.3. The van der Waals surface area contributed by atoms with Gasteiger partial charge in [0.15, 0.2) is 0 Å². The van der Waals surface area contributed by atoms with Gasteiger partial charge in [0, 0.05) is 18.8 Å². The fourth-order valence-electron chi connectivity index (χ4n) is 2.03. The molecule has 114 valence electrons. The number of nitrogens with zero attached hydrogens (tertiary/aromatic N) is 1. The highest BCUT2D eigenvalue weighted by Gasteiger charge is 2.00. The van der Waals surface area contributed by atoms with E-state index in [1.807, 2.05) is 18.3 Å². The van der Waals surface area contributed by atoms with Crippen molar-refractivity contribution in [2.75, 3.05) is 13.2 Å². The van der Waals surface area contributed by atoms with Crippen molar-refractivity contribution < 1.29 is 4.74 Å². The van der Waals surface area contributed by atoms with Crippen LogP contribution in [0.4, 0.5) is 0 Å². The van der Waals surface area contributed by atoms with Crippen LogP contribution in [0, 0.1) is 5.92 Å². The Kier molecular flexibility index (Phi) is 9.05. The van der Waals surface area contributed by atoms with E-state index in [1.165, 1.54) is 25.7 Å². The zero-order chi connectivity index (χ0) is 14.6. The maximum Gasteiger partial charge on any atom is 0.122 e. The van der Waals surface area contributed by atoms with Gasteiger partial charge in [-0.15, -0.1) is 0 Å². The van der Waals surface area contributed by atoms with Crippen molar-refractivity contribution in [1.82, 2.24) is 10.3 Å². The molecule has 1 heterocycles. The Labute approximate surface area is 124 Å². The van der Waals surface area contributed by atoms with Crippen molar-refractivity contribution in [2.45, 2.75) is 59.4 Å². The lowest BCUT2D eigenvalue weighted by molar-refractivity contribution is 0.304. The molecule has 0 saturated carbocycles. The van der Waals surface area contributed by atoms with Gasteiger partial charge in [0.1, 0.15) is 5.75 Å². The number of unbranched alkanes of at least 4 members (excludes halogenated alkanes) is 4. The number of nitrogens with one attached hydrogen (secondary N) is 1. The smallest absolute Gasteiger partial charge is 0.122 e. The number of aromatic nitrogens is 1. The Morgan fingerprint density at radius 1 is 1.20 bits per heavy atom. The first-order valence-corrected chi connectivity index (χ1v) is 8.00. The summed E-state index contributed by atoms with van der Waals surface area (Å²) in [6.45, 7) is 9.29. The molecule has 0 aliphatic rings. The summed E-state index contributed by atoms with van der Waals surface area (Å²) >= 11 is 0. The lowest BCUT2D eigenvalue weighted by atomic mass is 10.2. The topological polar surface area (TPSA) is 34.1 Å². The van der Waals surface area contributed by atoms with E-state index in [-0.39, 0.29) is 0 Å². The molecule has 0 bridgehead atoms. The van der Waals surface area contributed by atoms with Gasteiger partial charge in [-0.25, -0.2) is 0 Å². The molecule has 0 radical (unpaired) electrons. The van der Waals surface area contributed by atoms with E-state index in [0.717, 1.165) is 37.6 Å². The lowest BCUT2D eigenvalue weighted by Crippen LogP contribution is -2.19. The maximum absolute atomic E-state index is 5.79. The number of hydrogen-bond donors (Lipinski definition) is 1. The molecular formula is C17H30N2O.